The summed E-state index contributed by atoms with van der Waals surface area (Å²) in [7, 11) is 0. The van der Waals surface area contributed by atoms with Gasteiger partial charge in [0.05, 0.1) is 12.6 Å². The Morgan fingerprint density at radius 1 is 1.25 bits per heavy atom. The molecule has 1 saturated carbocycles. The fourth-order valence-electron chi connectivity index (χ4n) is 3.06. The zero-order valence-electron chi connectivity index (χ0n) is 11.9. The van der Waals surface area contributed by atoms with Gasteiger partial charge in [0.1, 0.15) is 12.0 Å². The highest BCUT2D eigenvalue weighted by Gasteiger charge is 2.32. The second-order valence-corrected chi connectivity index (χ2v) is 5.75. The van der Waals surface area contributed by atoms with Crippen LogP contribution in [0.15, 0.2) is 29.4 Å². The summed E-state index contributed by atoms with van der Waals surface area (Å²) in [6, 6.07) is 5.14. The summed E-state index contributed by atoms with van der Waals surface area (Å²) in [5, 5.41) is 0. The van der Waals surface area contributed by atoms with Gasteiger partial charge in [-0.25, -0.2) is 8.97 Å². The molecule has 0 unspecified atom stereocenters. The van der Waals surface area contributed by atoms with Gasteiger partial charge in [0.15, 0.2) is 0 Å². The Bertz CT molecular complexity index is 607. The van der Waals surface area contributed by atoms with Crippen molar-refractivity contribution in [2.45, 2.75) is 39.0 Å². The first-order valence-electron chi connectivity index (χ1n) is 7.32. The van der Waals surface area contributed by atoms with Crippen molar-refractivity contribution in [3.05, 3.63) is 41.3 Å². The van der Waals surface area contributed by atoms with Crippen LogP contribution in [0.5, 0.6) is 0 Å². The highest BCUT2D eigenvalue weighted by molar-refractivity contribution is 5.88. The van der Waals surface area contributed by atoms with Crippen LogP contribution in [0.3, 0.4) is 0 Å². The van der Waals surface area contributed by atoms with Crippen LogP contribution in [0.4, 0.5) is 4.39 Å². The van der Waals surface area contributed by atoms with Gasteiger partial charge in [-0.05, 0) is 48.5 Å². The number of benzene rings is 1. The lowest BCUT2D eigenvalue weighted by Gasteiger charge is -2.17. The van der Waals surface area contributed by atoms with E-state index in [0.717, 1.165) is 17.1 Å². The average Bonchev–Trinajstić information content (AvgIpc) is 2.85. The fraction of sp³-hybridized carbons (Fsp3) is 0.412. The Morgan fingerprint density at radius 3 is 2.70 bits per heavy atom. The third-order valence-electron chi connectivity index (χ3n) is 4.23. The highest BCUT2D eigenvalue weighted by Crippen LogP contribution is 2.30. The van der Waals surface area contributed by atoms with Crippen LogP contribution in [0, 0.1) is 18.7 Å². The van der Waals surface area contributed by atoms with E-state index < -0.39 is 0 Å². The van der Waals surface area contributed by atoms with Crippen LogP contribution in [-0.4, -0.2) is 17.1 Å². The summed E-state index contributed by atoms with van der Waals surface area (Å²) in [5.74, 6) is 1.42. The van der Waals surface area contributed by atoms with Gasteiger partial charge in [-0.3, -0.25) is 0 Å². The molecule has 0 radical (unpaired) electrons. The average molecular weight is 271 g/mol. The van der Waals surface area contributed by atoms with Crippen molar-refractivity contribution in [3.63, 3.8) is 0 Å². The van der Waals surface area contributed by atoms with E-state index in [9.17, 15) is 4.39 Å². The normalized spacial score (nSPS) is 20.0. The first kappa shape index (κ1) is 13.2. The molecule has 1 fully saturated rings. The predicted molar refractivity (Wildman–Crippen MR) is 80.5 cm³/mol. The van der Waals surface area contributed by atoms with Gasteiger partial charge in [0, 0.05) is 5.56 Å². The first-order valence-corrected chi connectivity index (χ1v) is 7.32. The van der Waals surface area contributed by atoms with Crippen molar-refractivity contribution < 1.29 is 8.97 Å². The van der Waals surface area contributed by atoms with E-state index in [2.05, 4.69) is 6.72 Å². The van der Waals surface area contributed by atoms with Crippen molar-refractivity contribution in [1.29, 1.82) is 0 Å². The minimum absolute atomic E-state index is 0.171. The van der Waals surface area contributed by atoms with Crippen molar-refractivity contribution in [2.24, 2.45) is 10.9 Å². The largest absolute Gasteiger partial charge is 0.306 e. The summed E-state index contributed by atoms with van der Waals surface area (Å²) in [6.07, 6.45) is 8.25. The van der Waals surface area contributed by atoms with Crippen molar-refractivity contribution in [2.75, 3.05) is 0 Å². The molecular formula is C17H20FN2+. The van der Waals surface area contributed by atoms with E-state index in [4.69, 9.17) is 4.99 Å². The molecule has 0 spiro atoms. The third-order valence-corrected chi connectivity index (χ3v) is 4.23. The molecule has 1 aromatic carbocycles. The number of aliphatic imine (C=N–C) groups is 1. The van der Waals surface area contributed by atoms with Crippen LogP contribution in [0.25, 0.3) is 5.70 Å². The lowest BCUT2D eigenvalue weighted by Crippen LogP contribution is -2.23. The summed E-state index contributed by atoms with van der Waals surface area (Å²) < 4.78 is 15.2. The van der Waals surface area contributed by atoms with E-state index in [0.29, 0.717) is 11.5 Å². The molecule has 0 saturated heterocycles. The van der Waals surface area contributed by atoms with Crippen LogP contribution in [0.2, 0.25) is 0 Å². The molecule has 2 nitrogen and oxygen atoms in total. The zero-order chi connectivity index (χ0) is 14.1. The second-order valence-electron chi connectivity index (χ2n) is 5.75. The van der Waals surface area contributed by atoms with Crippen molar-refractivity contribution >= 4 is 18.3 Å². The Balaban J connectivity index is 1.87. The number of halogens is 1. The predicted octanol–water partition coefficient (Wildman–Crippen LogP) is 4.14. The molecule has 104 valence electrons. The van der Waals surface area contributed by atoms with E-state index >= 15 is 0 Å². The molecule has 2 aliphatic rings. The third kappa shape index (κ3) is 2.45. The summed E-state index contributed by atoms with van der Waals surface area (Å²) >= 11 is 0. The van der Waals surface area contributed by atoms with Gasteiger partial charge in [-0.15, -0.1) is 0 Å². The lowest BCUT2D eigenvalue weighted by atomic mass is 9.88. The molecule has 1 aliphatic carbocycles. The Kier molecular flexibility index (Phi) is 3.51. The first-order chi connectivity index (χ1) is 9.65. The maximum atomic E-state index is 13.4. The van der Waals surface area contributed by atoms with Crippen LogP contribution >= 0.6 is 0 Å². The molecule has 0 amide bonds. The monoisotopic (exact) mass is 271 g/mol. The number of nitrogens with zero attached hydrogens (tertiary/aromatic N) is 2. The van der Waals surface area contributed by atoms with E-state index in [1.807, 2.05) is 16.8 Å². The highest BCUT2D eigenvalue weighted by atomic mass is 19.1. The molecule has 0 N–H and O–H groups in total. The molecule has 1 aromatic rings. The van der Waals surface area contributed by atoms with E-state index in [1.165, 1.54) is 38.2 Å². The number of amidine groups is 1. The van der Waals surface area contributed by atoms with Crippen LogP contribution < -0.4 is 0 Å². The van der Waals surface area contributed by atoms with Gasteiger partial charge in [0.25, 0.3) is 0 Å². The van der Waals surface area contributed by atoms with E-state index in [1.54, 1.807) is 13.0 Å². The SMILES string of the molecule is C=[N+]1C=C(c2ccc(F)c(C)c2)N=C1C1CCCCC1. The van der Waals surface area contributed by atoms with E-state index in [-0.39, 0.29) is 5.82 Å². The maximum absolute atomic E-state index is 13.4. The summed E-state index contributed by atoms with van der Waals surface area (Å²) in [4.78, 5) is 4.75. The quantitative estimate of drug-likeness (QED) is 0.718. The molecule has 3 rings (SSSR count). The number of rotatable bonds is 2. The zero-order valence-corrected chi connectivity index (χ0v) is 11.9. The molecular weight excluding hydrogens is 251 g/mol. The molecule has 3 heteroatoms. The number of hydrogen-bond donors (Lipinski definition) is 0. The molecule has 1 aliphatic heterocycles. The number of aryl methyl sites for hydroxylation is 1. The molecule has 1 heterocycles. The van der Waals surface area contributed by atoms with Gasteiger partial charge in [-0.2, -0.15) is 0 Å². The van der Waals surface area contributed by atoms with Gasteiger partial charge < -0.3 is 0 Å². The molecule has 0 bridgehead atoms. The minimum Gasteiger partial charge on any atom is -0.209 e. The Hall–Kier alpha value is -1.77. The smallest absolute Gasteiger partial charge is 0.209 e. The Morgan fingerprint density at radius 2 is 2.00 bits per heavy atom. The topological polar surface area (TPSA) is 15.4 Å². The lowest BCUT2D eigenvalue weighted by molar-refractivity contribution is -0.315. The number of hydrogen-bond acceptors (Lipinski definition) is 1. The van der Waals surface area contributed by atoms with Gasteiger partial charge in [-0.1, -0.05) is 19.3 Å². The van der Waals surface area contributed by atoms with Crippen LogP contribution in [0.1, 0.15) is 43.2 Å². The summed E-state index contributed by atoms with van der Waals surface area (Å²) in [5.41, 5.74) is 2.51. The molecule has 0 atom stereocenters. The fourth-order valence-corrected chi connectivity index (χ4v) is 3.06. The molecule has 0 aromatic heterocycles. The van der Waals surface area contributed by atoms with Crippen molar-refractivity contribution in [3.8, 4) is 0 Å². The van der Waals surface area contributed by atoms with Gasteiger partial charge in [0.2, 0.25) is 5.70 Å². The molecule has 20 heavy (non-hydrogen) atoms. The second kappa shape index (κ2) is 5.31. The van der Waals surface area contributed by atoms with Gasteiger partial charge >= 0.3 is 5.84 Å². The standard InChI is InChI=1S/C17H20FN2/c1-12-10-14(8-9-15(12)18)16-11-20(2)17(19-16)13-6-4-3-5-7-13/h8-11,13H,2-7H2,1H3/q+1. The Labute approximate surface area is 119 Å². The minimum atomic E-state index is -0.171. The van der Waals surface area contributed by atoms with Crippen LogP contribution in [-0.2, 0) is 0 Å². The van der Waals surface area contributed by atoms with Crippen molar-refractivity contribution in [1.82, 2.24) is 0 Å². The maximum Gasteiger partial charge on any atom is 0.306 e. The summed E-state index contributed by atoms with van der Waals surface area (Å²) in [6.45, 7) is 5.84.